The molecule has 21 heavy (non-hydrogen) atoms. The van der Waals surface area contributed by atoms with Gasteiger partial charge in [0.2, 0.25) is 0 Å². The lowest BCUT2D eigenvalue weighted by molar-refractivity contribution is -0.142. The fourth-order valence-electron chi connectivity index (χ4n) is 0.755. The minimum atomic E-state index is -0.339. The second-order valence-electron chi connectivity index (χ2n) is 5.14. The molecule has 6 heteroatoms. The van der Waals surface area contributed by atoms with E-state index in [0.717, 1.165) is 6.54 Å². The molecule has 0 fully saturated rings. The van der Waals surface area contributed by atoms with E-state index in [1.54, 1.807) is 18.7 Å². The number of ether oxygens (including phenoxy) is 2. The third-order valence-electron chi connectivity index (χ3n) is 1.92. The summed E-state index contributed by atoms with van der Waals surface area (Å²) < 4.78 is 9.59. The first-order valence-corrected chi connectivity index (χ1v) is 6.52. The van der Waals surface area contributed by atoms with Crippen LogP contribution in [0.3, 0.4) is 0 Å². The van der Waals surface area contributed by atoms with Gasteiger partial charge >= 0.3 is 11.9 Å². The molecule has 0 aromatic heterocycles. The Hall–Kier alpha value is -1.66. The molecule has 6 nitrogen and oxygen atoms in total. The van der Waals surface area contributed by atoms with Crippen LogP contribution in [0.1, 0.15) is 13.8 Å². The van der Waals surface area contributed by atoms with E-state index < -0.39 is 0 Å². The fourth-order valence-corrected chi connectivity index (χ4v) is 0.755. The van der Waals surface area contributed by atoms with Gasteiger partial charge in [-0.3, -0.25) is 4.90 Å². The first kappa shape index (κ1) is 21.6. The number of carbonyl (C=O) groups is 2. The summed E-state index contributed by atoms with van der Waals surface area (Å²) in [6.07, 6.45) is 0. The number of hydrogen-bond acceptors (Lipinski definition) is 6. The van der Waals surface area contributed by atoms with E-state index in [4.69, 9.17) is 9.47 Å². The van der Waals surface area contributed by atoms with Crippen molar-refractivity contribution in [1.29, 1.82) is 0 Å². The highest BCUT2D eigenvalue weighted by Gasteiger charge is 2.02. The lowest BCUT2D eigenvalue weighted by Gasteiger charge is -2.09. The average Bonchev–Trinajstić information content (AvgIpc) is 2.35. The van der Waals surface area contributed by atoms with Gasteiger partial charge in [-0.2, -0.15) is 0 Å². The molecule has 0 radical (unpaired) electrons. The van der Waals surface area contributed by atoms with Gasteiger partial charge in [-0.15, -0.1) is 0 Å². The lowest BCUT2D eigenvalue weighted by atomic mass is 10.4. The van der Waals surface area contributed by atoms with E-state index in [0.29, 0.717) is 24.5 Å². The van der Waals surface area contributed by atoms with Gasteiger partial charge in [-0.05, 0) is 42.0 Å². The first-order valence-electron chi connectivity index (χ1n) is 6.52. The zero-order valence-electron chi connectivity index (χ0n) is 14.1. The Balaban J connectivity index is 0. The van der Waals surface area contributed by atoms with Crippen molar-refractivity contribution in [2.24, 2.45) is 0 Å². The summed E-state index contributed by atoms with van der Waals surface area (Å²) in [5.41, 5.74) is 0.880. The predicted octanol–water partition coefficient (Wildman–Crippen LogP) is 1.29. The van der Waals surface area contributed by atoms with Crippen LogP contribution in [0.2, 0.25) is 0 Å². The third kappa shape index (κ3) is 16.3. The standard InChI is InChI=1S/C8H15NO2.C7H13NO2/c1-7(2)8(10)11-6-5-9(3)4;1-6(2)7(9)10-5-8(3)4/h1,5-6H2,2-4H3;1,5H2,2-4H3. The van der Waals surface area contributed by atoms with Crippen molar-refractivity contribution in [3.05, 3.63) is 24.3 Å². The molecule has 0 aliphatic rings. The van der Waals surface area contributed by atoms with Crippen LogP contribution in [0.15, 0.2) is 24.3 Å². The number of nitrogens with zero attached hydrogens (tertiary/aromatic N) is 2. The molecule has 0 bridgehead atoms. The Morgan fingerprint density at radius 3 is 1.62 bits per heavy atom. The van der Waals surface area contributed by atoms with Crippen molar-refractivity contribution in [3.8, 4) is 0 Å². The summed E-state index contributed by atoms with van der Waals surface area (Å²) in [7, 11) is 7.50. The fraction of sp³-hybridized carbons (Fsp3) is 0.600. The zero-order chi connectivity index (χ0) is 17.0. The molecule has 0 saturated carbocycles. The van der Waals surface area contributed by atoms with Crippen molar-refractivity contribution >= 4 is 11.9 Å². The molecule has 0 N–H and O–H groups in total. The van der Waals surface area contributed by atoms with Crippen molar-refractivity contribution in [3.63, 3.8) is 0 Å². The van der Waals surface area contributed by atoms with Gasteiger partial charge in [0.25, 0.3) is 0 Å². The first-order chi connectivity index (χ1) is 9.57. The van der Waals surface area contributed by atoms with Crippen molar-refractivity contribution < 1.29 is 19.1 Å². The van der Waals surface area contributed by atoms with Gasteiger partial charge in [0, 0.05) is 17.7 Å². The predicted molar refractivity (Wildman–Crippen MR) is 83.8 cm³/mol. The van der Waals surface area contributed by atoms with Crippen LogP contribution in [-0.2, 0) is 19.1 Å². The summed E-state index contributed by atoms with van der Waals surface area (Å²) in [6, 6.07) is 0. The normalized spacial score (nSPS) is 9.71. The van der Waals surface area contributed by atoms with Crippen LogP contribution >= 0.6 is 0 Å². The summed E-state index contributed by atoms with van der Waals surface area (Å²) in [4.78, 5) is 25.2. The summed E-state index contributed by atoms with van der Waals surface area (Å²) in [5, 5.41) is 0. The van der Waals surface area contributed by atoms with E-state index in [1.807, 2.05) is 33.1 Å². The zero-order valence-corrected chi connectivity index (χ0v) is 14.1. The maximum Gasteiger partial charge on any atom is 0.334 e. The highest BCUT2D eigenvalue weighted by Crippen LogP contribution is 1.92. The van der Waals surface area contributed by atoms with Gasteiger partial charge in [-0.1, -0.05) is 13.2 Å². The maximum atomic E-state index is 10.8. The number of likely N-dealkylation sites (N-methyl/N-ethyl adjacent to an activating group) is 1. The van der Waals surface area contributed by atoms with Crippen molar-refractivity contribution in [1.82, 2.24) is 9.80 Å². The number of rotatable bonds is 7. The van der Waals surface area contributed by atoms with Gasteiger partial charge in [0.1, 0.15) is 13.3 Å². The van der Waals surface area contributed by atoms with E-state index in [9.17, 15) is 9.59 Å². The van der Waals surface area contributed by atoms with Crippen molar-refractivity contribution in [2.75, 3.05) is 48.1 Å². The van der Waals surface area contributed by atoms with E-state index >= 15 is 0 Å². The minimum Gasteiger partial charge on any atom is -0.461 e. The van der Waals surface area contributed by atoms with Gasteiger partial charge in [-0.25, -0.2) is 9.59 Å². The van der Waals surface area contributed by atoms with Gasteiger partial charge in [0.15, 0.2) is 0 Å². The summed E-state index contributed by atoms with van der Waals surface area (Å²) in [6.45, 7) is 11.7. The smallest absolute Gasteiger partial charge is 0.334 e. The SMILES string of the molecule is C=C(C)C(=O)OCCN(C)C.C=C(C)C(=O)OCN(C)C. The van der Waals surface area contributed by atoms with Crippen LogP contribution in [-0.4, -0.2) is 69.8 Å². The van der Waals surface area contributed by atoms with Gasteiger partial charge < -0.3 is 14.4 Å². The monoisotopic (exact) mass is 300 g/mol. The Morgan fingerprint density at radius 1 is 0.857 bits per heavy atom. The molecule has 0 unspecified atom stereocenters. The Bertz CT molecular complexity index is 363. The van der Waals surface area contributed by atoms with Crippen LogP contribution < -0.4 is 0 Å². The van der Waals surface area contributed by atoms with E-state index in [-0.39, 0.29) is 11.9 Å². The molecule has 0 aromatic rings. The molecular weight excluding hydrogens is 272 g/mol. The molecular formula is C15H28N2O4. The van der Waals surface area contributed by atoms with Crippen LogP contribution in [0, 0.1) is 0 Å². The van der Waals surface area contributed by atoms with E-state index in [2.05, 4.69) is 13.2 Å². The average molecular weight is 300 g/mol. The summed E-state index contributed by atoms with van der Waals surface area (Å²) in [5.74, 6) is -0.652. The Morgan fingerprint density at radius 2 is 1.29 bits per heavy atom. The second-order valence-corrected chi connectivity index (χ2v) is 5.14. The molecule has 0 aromatic carbocycles. The van der Waals surface area contributed by atoms with Crippen LogP contribution in [0.25, 0.3) is 0 Å². The lowest BCUT2D eigenvalue weighted by Crippen LogP contribution is -2.20. The molecule has 0 aliphatic heterocycles. The molecule has 0 atom stereocenters. The van der Waals surface area contributed by atoms with Crippen LogP contribution in [0.5, 0.6) is 0 Å². The highest BCUT2D eigenvalue weighted by atomic mass is 16.5. The third-order valence-corrected chi connectivity index (χ3v) is 1.92. The topological polar surface area (TPSA) is 59.1 Å². The highest BCUT2D eigenvalue weighted by molar-refractivity contribution is 5.87. The minimum absolute atomic E-state index is 0.311. The molecule has 0 rings (SSSR count). The maximum absolute atomic E-state index is 10.8. The summed E-state index contributed by atoms with van der Waals surface area (Å²) >= 11 is 0. The van der Waals surface area contributed by atoms with Gasteiger partial charge in [0.05, 0.1) is 0 Å². The van der Waals surface area contributed by atoms with Crippen LogP contribution in [0.4, 0.5) is 0 Å². The van der Waals surface area contributed by atoms with E-state index in [1.165, 1.54) is 0 Å². The quantitative estimate of drug-likeness (QED) is 0.401. The molecule has 0 amide bonds. The molecule has 0 heterocycles. The van der Waals surface area contributed by atoms with Crippen molar-refractivity contribution in [2.45, 2.75) is 13.8 Å². The molecule has 122 valence electrons. The second kappa shape index (κ2) is 12.1. The molecule has 0 spiro atoms. The Kier molecular flexibility index (Phi) is 12.5. The molecule has 0 saturated heterocycles. The number of hydrogen-bond donors (Lipinski definition) is 0. The molecule has 0 aliphatic carbocycles. The number of esters is 2. The number of carbonyl (C=O) groups excluding carboxylic acids is 2. The Labute approximate surface area is 128 Å². The largest absolute Gasteiger partial charge is 0.461 e.